The number of nitrogens with one attached hydrogen (secondary N) is 1. The molecule has 0 aliphatic carbocycles. The number of aromatic hydroxyl groups is 1. The van der Waals surface area contributed by atoms with Crippen molar-refractivity contribution in [3.8, 4) is 5.75 Å². The van der Waals surface area contributed by atoms with Gasteiger partial charge in [0, 0.05) is 42.8 Å². The van der Waals surface area contributed by atoms with Crippen LogP contribution in [0.5, 0.6) is 5.75 Å². The van der Waals surface area contributed by atoms with Crippen molar-refractivity contribution >= 4 is 36.4 Å². The number of phenols is 1. The zero-order valence-corrected chi connectivity index (χ0v) is 14.3. The predicted octanol–water partition coefficient (Wildman–Crippen LogP) is 3.77. The Hall–Kier alpha value is -0.260. The molecule has 1 aromatic carbocycles. The van der Waals surface area contributed by atoms with Gasteiger partial charge in [-0.2, -0.15) is 0 Å². The van der Waals surface area contributed by atoms with E-state index in [0.717, 1.165) is 39.0 Å². The highest BCUT2D eigenvalue weighted by Gasteiger charge is 2.27. The molecule has 0 amide bonds. The molecule has 122 valence electrons. The first kappa shape index (κ1) is 20.7. The first-order chi connectivity index (χ1) is 9.15. The number of piperazine rings is 1. The van der Waals surface area contributed by atoms with Crippen molar-refractivity contribution in [1.82, 2.24) is 10.2 Å². The largest absolute Gasteiger partial charge is 0.505 e. The minimum absolute atomic E-state index is 0. The molecule has 0 unspecified atom stereocenters. The van der Waals surface area contributed by atoms with Gasteiger partial charge in [-0.15, -0.1) is 24.8 Å². The van der Waals surface area contributed by atoms with E-state index in [4.69, 9.17) is 11.6 Å². The minimum atomic E-state index is -0.601. The van der Waals surface area contributed by atoms with Crippen molar-refractivity contribution in [1.29, 1.82) is 0 Å². The van der Waals surface area contributed by atoms with E-state index in [1.165, 1.54) is 12.1 Å². The lowest BCUT2D eigenvalue weighted by Gasteiger charge is -2.35. The molecule has 1 atom stereocenters. The van der Waals surface area contributed by atoms with Gasteiger partial charge in [0.05, 0.1) is 0 Å². The number of rotatable bonds is 4. The minimum Gasteiger partial charge on any atom is -0.505 e. The second-order valence-electron chi connectivity index (χ2n) is 4.88. The molecule has 21 heavy (non-hydrogen) atoms. The molecule has 0 radical (unpaired) electrons. The van der Waals surface area contributed by atoms with Crippen LogP contribution in [0.2, 0.25) is 5.02 Å². The Morgan fingerprint density at radius 1 is 1.33 bits per heavy atom. The fourth-order valence-electron chi connectivity index (χ4n) is 2.65. The van der Waals surface area contributed by atoms with Crippen LogP contribution in [0.15, 0.2) is 12.1 Å². The van der Waals surface area contributed by atoms with E-state index in [9.17, 15) is 9.50 Å². The standard InChI is InChI=1S/C14H20ClFN2O.2ClH/c1-2-3-12(18-8-6-17-7-9-18)13-10(15)4-5-11(16)14(13)19;;/h4-5,12,17,19H,2-3,6-9H2,1H3;2*1H/t12-;;/m0../s1. The van der Waals surface area contributed by atoms with E-state index in [-0.39, 0.29) is 36.6 Å². The van der Waals surface area contributed by atoms with E-state index < -0.39 is 5.82 Å². The molecule has 7 heteroatoms. The highest BCUT2D eigenvalue weighted by Crippen LogP contribution is 2.38. The maximum atomic E-state index is 13.6. The van der Waals surface area contributed by atoms with Crippen molar-refractivity contribution in [2.45, 2.75) is 25.8 Å². The third kappa shape index (κ3) is 4.86. The Morgan fingerprint density at radius 3 is 2.52 bits per heavy atom. The van der Waals surface area contributed by atoms with Crippen molar-refractivity contribution in [2.24, 2.45) is 0 Å². The SMILES string of the molecule is CCC[C@@H](c1c(Cl)ccc(F)c1O)N1CCNCC1.Cl.Cl. The predicted molar refractivity (Wildman–Crippen MR) is 89.7 cm³/mol. The molecule has 0 aromatic heterocycles. The van der Waals surface area contributed by atoms with Crippen molar-refractivity contribution in [3.63, 3.8) is 0 Å². The lowest BCUT2D eigenvalue weighted by Crippen LogP contribution is -2.45. The van der Waals surface area contributed by atoms with Crippen LogP contribution in [0, 0.1) is 5.82 Å². The summed E-state index contributed by atoms with van der Waals surface area (Å²) in [5.74, 6) is -0.903. The molecule has 2 N–H and O–H groups in total. The summed E-state index contributed by atoms with van der Waals surface area (Å²) in [5, 5.41) is 13.7. The second kappa shape index (κ2) is 9.70. The van der Waals surface area contributed by atoms with Crippen molar-refractivity contribution in [3.05, 3.63) is 28.5 Å². The van der Waals surface area contributed by atoms with Crippen LogP contribution < -0.4 is 5.32 Å². The average Bonchev–Trinajstić information content (AvgIpc) is 2.43. The van der Waals surface area contributed by atoms with E-state index in [1.807, 2.05) is 0 Å². The van der Waals surface area contributed by atoms with Gasteiger partial charge in [0.15, 0.2) is 11.6 Å². The van der Waals surface area contributed by atoms with Gasteiger partial charge in [0.1, 0.15) is 0 Å². The fourth-order valence-corrected chi connectivity index (χ4v) is 2.93. The average molecular weight is 360 g/mol. The Bertz CT molecular complexity index is 442. The molecular formula is C14H22Cl3FN2O. The molecule has 1 saturated heterocycles. The number of phenolic OH excluding ortho intramolecular Hbond substituents is 1. The number of halogens is 4. The molecule has 1 aliphatic heterocycles. The summed E-state index contributed by atoms with van der Waals surface area (Å²) in [6.45, 7) is 5.68. The van der Waals surface area contributed by atoms with Gasteiger partial charge in [-0.05, 0) is 18.6 Å². The van der Waals surface area contributed by atoms with Crippen LogP contribution in [0.3, 0.4) is 0 Å². The first-order valence-corrected chi connectivity index (χ1v) is 7.14. The van der Waals surface area contributed by atoms with Gasteiger partial charge in [-0.25, -0.2) is 4.39 Å². The number of hydrogen-bond acceptors (Lipinski definition) is 3. The third-order valence-electron chi connectivity index (χ3n) is 3.60. The molecule has 0 saturated carbocycles. The highest BCUT2D eigenvalue weighted by molar-refractivity contribution is 6.31. The summed E-state index contributed by atoms with van der Waals surface area (Å²) in [5.41, 5.74) is 0.533. The Labute approximate surface area is 142 Å². The number of benzene rings is 1. The van der Waals surface area contributed by atoms with Crippen LogP contribution in [-0.2, 0) is 0 Å². The normalized spacial score (nSPS) is 16.7. The molecule has 0 bridgehead atoms. The van der Waals surface area contributed by atoms with Gasteiger partial charge in [0.2, 0.25) is 0 Å². The Balaban J connectivity index is 0.00000200. The summed E-state index contributed by atoms with van der Waals surface area (Å²) in [6.07, 6.45) is 1.82. The van der Waals surface area contributed by atoms with Crippen LogP contribution >= 0.6 is 36.4 Å². The number of nitrogens with zero attached hydrogens (tertiary/aromatic N) is 1. The summed E-state index contributed by atoms with van der Waals surface area (Å²) >= 11 is 6.18. The molecule has 1 heterocycles. The topological polar surface area (TPSA) is 35.5 Å². The second-order valence-corrected chi connectivity index (χ2v) is 5.29. The maximum absolute atomic E-state index is 13.6. The van der Waals surface area contributed by atoms with Crippen molar-refractivity contribution < 1.29 is 9.50 Å². The van der Waals surface area contributed by atoms with E-state index in [1.54, 1.807) is 0 Å². The zero-order valence-electron chi connectivity index (χ0n) is 11.9. The summed E-state index contributed by atoms with van der Waals surface area (Å²) < 4.78 is 13.6. The summed E-state index contributed by atoms with van der Waals surface area (Å²) in [6, 6.07) is 2.72. The molecule has 1 aliphatic rings. The van der Waals surface area contributed by atoms with Crippen LogP contribution in [0.4, 0.5) is 4.39 Å². The van der Waals surface area contributed by atoms with Gasteiger partial charge in [0.25, 0.3) is 0 Å². The zero-order chi connectivity index (χ0) is 13.8. The smallest absolute Gasteiger partial charge is 0.165 e. The van der Waals surface area contributed by atoms with E-state index >= 15 is 0 Å². The van der Waals surface area contributed by atoms with Gasteiger partial charge in [-0.3, -0.25) is 4.90 Å². The van der Waals surface area contributed by atoms with Gasteiger partial charge < -0.3 is 10.4 Å². The Morgan fingerprint density at radius 2 is 1.95 bits per heavy atom. The van der Waals surface area contributed by atoms with E-state index in [0.29, 0.717) is 10.6 Å². The first-order valence-electron chi connectivity index (χ1n) is 6.76. The van der Waals surface area contributed by atoms with Crippen LogP contribution in [-0.4, -0.2) is 36.2 Å². The fraction of sp³-hybridized carbons (Fsp3) is 0.571. The van der Waals surface area contributed by atoms with Gasteiger partial charge in [-0.1, -0.05) is 24.9 Å². The molecule has 0 spiro atoms. The summed E-state index contributed by atoms with van der Waals surface area (Å²) in [4.78, 5) is 2.26. The summed E-state index contributed by atoms with van der Waals surface area (Å²) in [7, 11) is 0. The lowest BCUT2D eigenvalue weighted by molar-refractivity contribution is 0.161. The number of hydrogen-bond donors (Lipinski definition) is 2. The highest BCUT2D eigenvalue weighted by atomic mass is 35.5. The quantitative estimate of drug-likeness (QED) is 0.859. The van der Waals surface area contributed by atoms with E-state index in [2.05, 4.69) is 17.1 Å². The lowest BCUT2D eigenvalue weighted by atomic mass is 9.98. The van der Waals surface area contributed by atoms with Crippen molar-refractivity contribution in [2.75, 3.05) is 26.2 Å². The molecular weight excluding hydrogens is 338 g/mol. The maximum Gasteiger partial charge on any atom is 0.165 e. The molecule has 1 fully saturated rings. The van der Waals surface area contributed by atoms with Crippen LogP contribution in [0.25, 0.3) is 0 Å². The Kier molecular flexibility index (Phi) is 9.58. The molecule has 3 nitrogen and oxygen atoms in total. The monoisotopic (exact) mass is 358 g/mol. The third-order valence-corrected chi connectivity index (χ3v) is 3.93. The molecule has 1 aromatic rings. The van der Waals surface area contributed by atoms with Gasteiger partial charge >= 0.3 is 0 Å². The molecule has 2 rings (SSSR count). The van der Waals surface area contributed by atoms with Crippen LogP contribution in [0.1, 0.15) is 31.4 Å².